The average molecular weight is 1310 g/mol. The molecule has 4 aliphatic carbocycles. The second kappa shape index (κ2) is 33.7. The molecular weight excluding hydrogens is 1240 g/mol. The number of hydrogen-bond donors (Lipinski definition) is 1. The Hall–Kier alpha value is -9.58. The van der Waals surface area contributed by atoms with E-state index in [0.29, 0.717) is 17.8 Å². The number of esters is 1. The molecule has 4 saturated carbocycles. The van der Waals surface area contributed by atoms with Crippen molar-refractivity contribution >= 4 is 66.8 Å². The van der Waals surface area contributed by atoms with Crippen molar-refractivity contribution in [1.29, 1.82) is 0 Å². The molecule has 0 radical (unpaired) electrons. The maximum atomic E-state index is 11.1. The molecule has 10 aromatic rings. The van der Waals surface area contributed by atoms with E-state index in [0.717, 1.165) is 25.3 Å². The van der Waals surface area contributed by atoms with Gasteiger partial charge >= 0.3 is 22.2 Å². The molecule has 0 spiro atoms. The molecule has 0 atom stereocenters. The highest BCUT2D eigenvalue weighted by atomic mass is 32.2. The van der Waals surface area contributed by atoms with Crippen LogP contribution >= 0.6 is 0 Å². The van der Waals surface area contributed by atoms with Crippen molar-refractivity contribution in [2.45, 2.75) is 95.1 Å². The summed E-state index contributed by atoms with van der Waals surface area (Å²) in [5, 5.41) is 39.9. The number of carboxylic acids is 2. The van der Waals surface area contributed by atoms with Gasteiger partial charge in [0.05, 0.1) is 38.2 Å². The summed E-state index contributed by atoms with van der Waals surface area (Å²) >= 11 is 0. The fourth-order valence-electron chi connectivity index (χ4n) is 11.8. The zero-order valence-electron chi connectivity index (χ0n) is 51.0. The number of hydrogen-bond acceptors (Lipinski definition) is 10. The molecule has 0 saturated heterocycles. The van der Waals surface area contributed by atoms with Gasteiger partial charge in [0.1, 0.15) is 11.4 Å². The van der Waals surface area contributed by atoms with E-state index in [1.165, 1.54) is 94.5 Å². The number of carboxylic acid groups (broad SMARTS) is 2. The Balaban J connectivity index is 0.000000134. The van der Waals surface area contributed by atoms with E-state index in [-0.39, 0.29) is 44.0 Å². The number of carbonyl (C=O) groups excluding carboxylic acids is 2. The number of rotatable bonds is 11. The molecule has 1 heterocycles. The number of para-hydroxylation sites is 1. The highest BCUT2D eigenvalue weighted by Gasteiger charge is 2.53. The van der Waals surface area contributed by atoms with Gasteiger partial charge in [-0.05, 0) is 185 Å². The minimum Gasteiger partial charge on any atom is -0.872 e. The standard InChI is InChI=1S/3C18H15S.C12H16O4.C7H6O3.C4H5NO4S/c3*1-4-10-16(11-5-1)19(17-12-6-2-7-13-17)18-14-8-3-9-15-18;13-10(14)11(15)16-12-4-7-1-8(5-12)3-9(2-7)6-12;8-6-4-2-1-3-5(6)7(9)10;1-3-2-4(6)5-10(7,8)9-3/h3*1-15H;7-9H,1-6H2,(H,13,14);1-4,8H,(H,9,10);2H,1H3,(H,5,6)/q3*+1;;;/p-3. The molecule has 93 heavy (non-hydrogen) atoms. The molecule has 5 aliphatic rings. The van der Waals surface area contributed by atoms with Crippen LogP contribution in [0.1, 0.15) is 55.8 Å². The van der Waals surface area contributed by atoms with E-state index in [1.54, 1.807) is 0 Å². The lowest BCUT2D eigenvalue weighted by molar-refractivity contribution is -0.306. The molecule has 12 nitrogen and oxygen atoms in total. The van der Waals surface area contributed by atoms with Gasteiger partial charge in [0.2, 0.25) is 0 Å². The van der Waals surface area contributed by atoms with Crippen molar-refractivity contribution in [3.8, 4) is 5.75 Å². The van der Waals surface area contributed by atoms with Crippen LogP contribution < -0.4 is 15.3 Å². The van der Waals surface area contributed by atoms with Gasteiger partial charge in [0.25, 0.3) is 0 Å². The van der Waals surface area contributed by atoms with Crippen molar-refractivity contribution in [2.24, 2.45) is 22.2 Å². The predicted octanol–water partition coefficient (Wildman–Crippen LogP) is 14.0. The van der Waals surface area contributed by atoms with E-state index in [9.17, 15) is 38.1 Å². The first-order chi connectivity index (χ1) is 45.1. The van der Waals surface area contributed by atoms with Crippen LogP contribution in [-0.4, -0.2) is 42.9 Å². The zero-order valence-corrected chi connectivity index (χ0v) is 54.2. The van der Waals surface area contributed by atoms with Gasteiger partial charge in [-0.3, -0.25) is 0 Å². The van der Waals surface area contributed by atoms with Gasteiger partial charge in [-0.25, -0.2) is 9.59 Å². The molecule has 1 N–H and O–H groups in total. The monoisotopic (exact) mass is 1310 g/mol. The number of benzene rings is 10. The van der Waals surface area contributed by atoms with Crippen LogP contribution in [0.2, 0.25) is 0 Å². The Morgan fingerprint density at radius 3 is 0.892 bits per heavy atom. The van der Waals surface area contributed by atoms with Crippen LogP contribution in [0.4, 0.5) is 0 Å². The quantitative estimate of drug-likeness (QED) is 0.0732. The van der Waals surface area contributed by atoms with Gasteiger partial charge in [-0.15, -0.1) is 4.40 Å². The molecule has 10 aromatic carbocycles. The highest BCUT2D eigenvalue weighted by Crippen LogP contribution is 2.57. The van der Waals surface area contributed by atoms with E-state index < -0.39 is 45.5 Å². The number of nitrogens with zero attached hydrogens (tertiary/aromatic N) is 1. The zero-order chi connectivity index (χ0) is 65.4. The molecule has 0 aromatic heterocycles. The summed E-state index contributed by atoms with van der Waals surface area (Å²) in [7, 11) is -4.02. The summed E-state index contributed by atoms with van der Waals surface area (Å²) in [5.74, 6) is -3.36. The molecule has 4 fully saturated rings. The molecule has 4 bridgehead atoms. The second-order valence-corrected chi connectivity index (χ2v) is 29.3. The Kier molecular flexibility index (Phi) is 24.5. The predicted molar refractivity (Wildman–Crippen MR) is 361 cm³/mol. The van der Waals surface area contributed by atoms with Crippen LogP contribution in [0.25, 0.3) is 0 Å². The third kappa shape index (κ3) is 20.0. The molecule has 16 heteroatoms. The smallest absolute Gasteiger partial charge is 0.427 e. The molecule has 15 rings (SSSR count). The minimum absolute atomic E-state index is 0.0146. The third-order valence-corrected chi connectivity index (χ3v) is 22.7. The topological polar surface area (TPSA) is 206 Å². The first kappa shape index (κ1) is 67.8. The third-order valence-electron chi connectivity index (χ3n) is 15.2. The van der Waals surface area contributed by atoms with Crippen molar-refractivity contribution < 1.29 is 52.1 Å². The Labute approximate surface area is 552 Å². The molecule has 0 amide bonds. The van der Waals surface area contributed by atoms with Crippen molar-refractivity contribution in [1.82, 2.24) is 0 Å². The lowest BCUT2D eigenvalue weighted by Gasteiger charge is -2.55. The van der Waals surface area contributed by atoms with E-state index >= 15 is 0 Å². The Morgan fingerprint density at radius 1 is 0.441 bits per heavy atom. The van der Waals surface area contributed by atoms with E-state index in [4.69, 9.17) is 9.84 Å². The van der Waals surface area contributed by atoms with Gasteiger partial charge in [-0.1, -0.05) is 188 Å². The van der Waals surface area contributed by atoms with Crippen molar-refractivity contribution in [3.63, 3.8) is 0 Å². The van der Waals surface area contributed by atoms with Gasteiger partial charge in [0.15, 0.2) is 50.0 Å². The average Bonchev–Trinajstić information content (AvgIpc) is 0.759. The summed E-state index contributed by atoms with van der Waals surface area (Å²) in [4.78, 5) is 44.1. The largest absolute Gasteiger partial charge is 0.872 e. The number of aliphatic carboxylic acids is 1. The SMILES string of the molecule is CC1=CC([O-])=NS(=O)(=O)O1.O=C(O)c1ccccc1[O-].O=C([O-])C(=O)OC12CC3CC(CC(C3)C1)C2.c1ccc([S+](c2ccccc2)c2ccccc2)cc1.c1ccc([S+](c2ccccc2)c2ccccc2)cc1.c1ccc([S+](c2ccccc2)c2ccccc2)cc1. The van der Waals surface area contributed by atoms with Crippen molar-refractivity contribution in [3.05, 3.63) is 315 Å². The minimum atomic E-state index is -3.97. The summed E-state index contributed by atoms with van der Waals surface area (Å²) in [6.45, 7) is 1.37. The summed E-state index contributed by atoms with van der Waals surface area (Å²) in [6, 6.07) is 102. The summed E-state index contributed by atoms with van der Waals surface area (Å²) in [5.41, 5.74) is -0.645. The summed E-state index contributed by atoms with van der Waals surface area (Å²) in [6.07, 6.45) is 7.29. The molecule has 1 aliphatic heterocycles. The summed E-state index contributed by atoms with van der Waals surface area (Å²) < 4.78 is 32.9. The van der Waals surface area contributed by atoms with Crippen LogP contribution in [0.3, 0.4) is 0 Å². The van der Waals surface area contributed by atoms with Crippen LogP contribution in [-0.2, 0) is 61.5 Å². The highest BCUT2D eigenvalue weighted by molar-refractivity contribution is 7.97. The molecule has 472 valence electrons. The van der Waals surface area contributed by atoms with Gasteiger partial charge in [0, 0.05) is 5.90 Å². The maximum Gasteiger partial charge on any atom is 0.427 e. The maximum absolute atomic E-state index is 11.1. The van der Waals surface area contributed by atoms with E-state index in [1.807, 2.05) is 0 Å². The number of carbonyl (C=O) groups is 3. The molecule has 0 unspecified atom stereocenters. The van der Waals surface area contributed by atoms with Crippen LogP contribution in [0.15, 0.2) is 358 Å². The fraction of sp³-hybridized carbons (Fsp3) is 0.143. The fourth-order valence-corrected chi connectivity index (χ4v) is 18.8. The van der Waals surface area contributed by atoms with Gasteiger partial charge < -0.3 is 34.1 Å². The normalized spacial score (nSPS) is 17.5. The second-order valence-electron chi connectivity index (χ2n) is 22.0. The van der Waals surface area contributed by atoms with Gasteiger partial charge in [-0.2, -0.15) is 8.42 Å². The number of aromatic carboxylic acids is 1. The van der Waals surface area contributed by atoms with Crippen LogP contribution in [0.5, 0.6) is 5.75 Å². The Morgan fingerprint density at radius 2 is 0.688 bits per heavy atom. The Bertz CT molecular complexity index is 3540. The lowest BCUT2D eigenvalue weighted by atomic mass is 9.54. The first-order valence-electron chi connectivity index (χ1n) is 30.1. The first-order valence-corrected chi connectivity index (χ1v) is 35.2. The lowest BCUT2D eigenvalue weighted by Crippen LogP contribution is -2.54. The van der Waals surface area contributed by atoms with Crippen molar-refractivity contribution in [2.75, 3.05) is 0 Å². The number of allylic oxidation sites excluding steroid dienone is 1. The van der Waals surface area contributed by atoms with E-state index in [2.05, 4.69) is 282 Å². The number of ether oxygens (including phenoxy) is 1. The van der Waals surface area contributed by atoms with Crippen LogP contribution in [0, 0.1) is 17.8 Å². The molecular formula is C77H69NO11S4.